The second-order valence-corrected chi connectivity index (χ2v) is 8.30. The second-order valence-electron chi connectivity index (χ2n) is 8.30. The Labute approximate surface area is 190 Å². The minimum atomic E-state index is -4.53. The molecule has 1 aliphatic rings. The predicted octanol–water partition coefficient (Wildman–Crippen LogP) is 7.48. The van der Waals surface area contributed by atoms with Gasteiger partial charge in [0.05, 0.1) is 12.1 Å². The molecule has 3 nitrogen and oxygen atoms in total. The van der Waals surface area contributed by atoms with E-state index in [1.807, 2.05) is 50.2 Å². The number of rotatable bonds is 7. The summed E-state index contributed by atoms with van der Waals surface area (Å²) in [6.07, 6.45) is -6.89. The van der Waals surface area contributed by atoms with E-state index in [-0.39, 0.29) is 17.9 Å². The smallest absolute Gasteiger partial charge is 0.461 e. The fourth-order valence-electron chi connectivity index (χ4n) is 4.07. The highest BCUT2D eigenvalue weighted by atomic mass is 19.3. The molecule has 0 bridgehead atoms. The maximum absolute atomic E-state index is 13.3. The summed E-state index contributed by atoms with van der Waals surface area (Å²) in [4.78, 5) is 0. The first-order valence-corrected chi connectivity index (χ1v) is 10.8. The average molecular weight is 459 g/mol. The molecule has 0 radical (unpaired) electrons. The van der Waals surface area contributed by atoms with Crippen LogP contribution in [0.3, 0.4) is 0 Å². The molecule has 3 aromatic carbocycles. The molecule has 1 N–H and O–H groups in total. The van der Waals surface area contributed by atoms with Crippen LogP contribution >= 0.6 is 0 Å². The Hall–Kier alpha value is -3.22. The number of benzene rings is 3. The van der Waals surface area contributed by atoms with Crippen molar-refractivity contribution in [2.24, 2.45) is 0 Å². The summed E-state index contributed by atoms with van der Waals surface area (Å²) in [5.74, 6) is 0.514. The van der Waals surface area contributed by atoms with Crippen molar-refractivity contribution in [2.45, 2.75) is 51.4 Å². The Balaban J connectivity index is 1.57. The van der Waals surface area contributed by atoms with Crippen LogP contribution < -0.4 is 14.8 Å². The number of ether oxygens (including phenoxy) is 2. The Morgan fingerprint density at radius 1 is 0.939 bits per heavy atom. The van der Waals surface area contributed by atoms with Crippen LogP contribution in [0.4, 0.5) is 23.2 Å². The van der Waals surface area contributed by atoms with Crippen molar-refractivity contribution in [3.63, 3.8) is 0 Å². The lowest BCUT2D eigenvalue weighted by Gasteiger charge is -2.29. The number of halogens is 4. The van der Waals surface area contributed by atoms with E-state index in [2.05, 4.69) is 16.1 Å². The summed E-state index contributed by atoms with van der Waals surface area (Å²) < 4.78 is 61.7. The molecule has 1 heterocycles. The summed E-state index contributed by atoms with van der Waals surface area (Å²) in [6, 6.07) is 19.7. The number of anilines is 1. The zero-order valence-electron chi connectivity index (χ0n) is 18.3. The van der Waals surface area contributed by atoms with Crippen LogP contribution in [-0.2, 0) is 6.42 Å². The van der Waals surface area contributed by atoms with Crippen molar-refractivity contribution in [3.8, 4) is 22.6 Å². The van der Waals surface area contributed by atoms with Gasteiger partial charge >= 0.3 is 12.5 Å². The molecular formula is C26H25F4NO2. The molecule has 1 aliphatic heterocycles. The van der Waals surface area contributed by atoms with Crippen molar-refractivity contribution in [3.05, 3.63) is 77.9 Å². The third-order valence-electron chi connectivity index (χ3n) is 5.47. The maximum Gasteiger partial charge on any atom is 0.461 e. The van der Waals surface area contributed by atoms with Gasteiger partial charge in [-0.05, 0) is 79.3 Å². The average Bonchev–Trinajstić information content (AvgIpc) is 2.78. The van der Waals surface area contributed by atoms with E-state index in [0.717, 1.165) is 34.5 Å². The molecule has 0 spiro atoms. The summed E-state index contributed by atoms with van der Waals surface area (Å²) in [5, 5.41) is 3.46. The van der Waals surface area contributed by atoms with Gasteiger partial charge in [0.15, 0.2) is 0 Å². The number of alkyl halides is 4. The van der Waals surface area contributed by atoms with Gasteiger partial charge < -0.3 is 14.8 Å². The summed E-state index contributed by atoms with van der Waals surface area (Å²) in [5.41, 5.74) is 4.95. The lowest BCUT2D eigenvalue weighted by atomic mass is 9.88. The van der Waals surface area contributed by atoms with E-state index < -0.39 is 12.5 Å². The van der Waals surface area contributed by atoms with E-state index in [0.29, 0.717) is 12.0 Å². The van der Waals surface area contributed by atoms with E-state index >= 15 is 0 Å². The second kappa shape index (κ2) is 9.33. The summed E-state index contributed by atoms with van der Waals surface area (Å²) in [7, 11) is 0. The van der Waals surface area contributed by atoms with Gasteiger partial charge in [-0.3, -0.25) is 0 Å². The third-order valence-corrected chi connectivity index (χ3v) is 5.47. The molecule has 0 saturated heterocycles. The third kappa shape index (κ3) is 5.24. The Kier molecular flexibility index (Phi) is 6.49. The van der Waals surface area contributed by atoms with Crippen LogP contribution in [0.25, 0.3) is 11.1 Å². The quantitative estimate of drug-likeness (QED) is 0.372. The first-order chi connectivity index (χ1) is 15.7. The highest BCUT2D eigenvalue weighted by Gasteiger charge is 2.44. The zero-order chi connectivity index (χ0) is 23.6. The van der Waals surface area contributed by atoms with Gasteiger partial charge in [0.2, 0.25) is 0 Å². The molecule has 1 unspecified atom stereocenters. The van der Waals surface area contributed by atoms with Crippen molar-refractivity contribution in [1.29, 1.82) is 0 Å². The molecule has 7 heteroatoms. The van der Waals surface area contributed by atoms with Crippen LogP contribution in [0, 0.1) is 0 Å². The molecule has 33 heavy (non-hydrogen) atoms. The molecule has 1 atom stereocenters. The van der Waals surface area contributed by atoms with Gasteiger partial charge in [0.25, 0.3) is 0 Å². The molecule has 0 fully saturated rings. The molecule has 3 aromatic rings. The van der Waals surface area contributed by atoms with Crippen LogP contribution in [0.15, 0.2) is 66.7 Å². The Morgan fingerprint density at radius 2 is 1.67 bits per heavy atom. The van der Waals surface area contributed by atoms with E-state index in [1.54, 1.807) is 6.07 Å². The van der Waals surface area contributed by atoms with Gasteiger partial charge in [-0.1, -0.05) is 36.4 Å². The first kappa shape index (κ1) is 23.0. The molecule has 4 rings (SSSR count). The monoisotopic (exact) mass is 459 g/mol. The zero-order valence-corrected chi connectivity index (χ0v) is 18.3. The molecule has 0 amide bonds. The molecular weight excluding hydrogens is 434 g/mol. The van der Waals surface area contributed by atoms with Crippen molar-refractivity contribution in [2.75, 3.05) is 5.32 Å². The fraction of sp³-hybridized carbons (Fsp3) is 0.308. The van der Waals surface area contributed by atoms with Gasteiger partial charge in [-0.15, -0.1) is 0 Å². The minimum Gasteiger partial charge on any atom is -0.491 e. The topological polar surface area (TPSA) is 30.5 Å². The first-order valence-electron chi connectivity index (χ1n) is 10.8. The van der Waals surface area contributed by atoms with E-state index in [4.69, 9.17) is 4.74 Å². The Morgan fingerprint density at radius 3 is 2.42 bits per heavy atom. The van der Waals surface area contributed by atoms with Crippen molar-refractivity contribution in [1.82, 2.24) is 0 Å². The van der Waals surface area contributed by atoms with E-state index in [1.165, 1.54) is 18.2 Å². The largest absolute Gasteiger partial charge is 0.491 e. The minimum absolute atomic E-state index is 0.0766. The highest BCUT2D eigenvalue weighted by Crippen LogP contribution is 2.39. The SMILES string of the molecule is CC(C)Oc1cccc(-c2cccc3c2CCC(c2cccc(OC(F)(F)C(F)F)c2)N3)c1. The molecule has 0 aliphatic carbocycles. The van der Waals surface area contributed by atoms with Crippen LogP contribution in [-0.4, -0.2) is 18.6 Å². The molecule has 0 aromatic heterocycles. The van der Waals surface area contributed by atoms with Gasteiger partial charge in [0.1, 0.15) is 11.5 Å². The lowest BCUT2D eigenvalue weighted by Crippen LogP contribution is -2.33. The fourth-order valence-corrected chi connectivity index (χ4v) is 4.07. The summed E-state index contributed by atoms with van der Waals surface area (Å²) >= 11 is 0. The lowest BCUT2D eigenvalue weighted by molar-refractivity contribution is -0.253. The van der Waals surface area contributed by atoms with Crippen molar-refractivity contribution < 1.29 is 27.0 Å². The number of hydrogen-bond donors (Lipinski definition) is 1. The van der Waals surface area contributed by atoms with Crippen molar-refractivity contribution >= 4 is 5.69 Å². The maximum atomic E-state index is 13.3. The predicted molar refractivity (Wildman–Crippen MR) is 120 cm³/mol. The summed E-state index contributed by atoms with van der Waals surface area (Å²) in [6.45, 7) is 3.96. The van der Waals surface area contributed by atoms with Crippen LogP contribution in [0.2, 0.25) is 0 Å². The number of hydrogen-bond acceptors (Lipinski definition) is 3. The van der Waals surface area contributed by atoms with Gasteiger partial charge in [-0.25, -0.2) is 0 Å². The van der Waals surface area contributed by atoms with Gasteiger partial charge in [0, 0.05) is 5.69 Å². The molecule has 174 valence electrons. The normalized spacial score (nSPS) is 15.8. The van der Waals surface area contributed by atoms with Crippen LogP contribution in [0.1, 0.15) is 37.4 Å². The number of fused-ring (bicyclic) bond motifs is 1. The Bertz CT molecular complexity index is 1120. The standard InChI is InChI=1S/C26H25F4NO2/c1-16(2)32-19-8-3-6-17(14-19)21-10-5-11-24-22(21)12-13-23(31-24)18-7-4-9-20(15-18)33-26(29,30)25(27)28/h3-11,14-16,23,25,31H,12-13H2,1-2H3. The van der Waals surface area contributed by atoms with E-state index in [9.17, 15) is 17.6 Å². The number of nitrogens with one attached hydrogen (secondary N) is 1. The highest BCUT2D eigenvalue weighted by molar-refractivity contribution is 5.76. The van der Waals surface area contributed by atoms with Gasteiger partial charge in [-0.2, -0.15) is 17.6 Å². The van der Waals surface area contributed by atoms with Crippen LogP contribution in [0.5, 0.6) is 11.5 Å². The molecule has 0 saturated carbocycles.